The molecule has 1 rings (SSSR count). The third-order valence-corrected chi connectivity index (χ3v) is 2.06. The third-order valence-electron chi connectivity index (χ3n) is 2.06. The number of hydrogen-bond acceptors (Lipinski definition) is 2. The molecule has 1 aromatic rings. The normalized spacial score (nSPS) is 10.8. The van der Waals surface area contributed by atoms with Crippen molar-refractivity contribution in [1.82, 2.24) is 0 Å². The van der Waals surface area contributed by atoms with Crippen molar-refractivity contribution in [3.05, 3.63) is 47.0 Å². The molecule has 0 saturated heterocycles. The van der Waals surface area contributed by atoms with Gasteiger partial charge in [-0.05, 0) is 31.0 Å². The van der Waals surface area contributed by atoms with Crippen molar-refractivity contribution in [2.24, 2.45) is 0 Å². The van der Waals surface area contributed by atoms with E-state index in [9.17, 15) is 4.79 Å². The quantitative estimate of drug-likeness (QED) is 0.762. The number of carboxylic acid groups (broad SMARTS) is 1. The zero-order valence-electron chi connectivity index (χ0n) is 8.40. The minimum atomic E-state index is -0.899. The van der Waals surface area contributed by atoms with E-state index in [2.05, 4.69) is 0 Å². The molecule has 1 aromatic carbocycles. The van der Waals surface area contributed by atoms with Crippen LogP contribution in [0, 0.1) is 11.3 Å². The second-order valence-electron chi connectivity index (χ2n) is 3.21. The number of aliphatic carboxylic acids is 1. The highest BCUT2D eigenvalue weighted by Gasteiger charge is 1.98. The first-order chi connectivity index (χ1) is 7.13. The van der Waals surface area contributed by atoms with Gasteiger partial charge in [-0.1, -0.05) is 18.2 Å². The second kappa shape index (κ2) is 4.97. The number of nitriles is 1. The molecule has 0 atom stereocenters. The van der Waals surface area contributed by atoms with E-state index in [1.807, 2.05) is 18.2 Å². The molecule has 0 aliphatic carbocycles. The first-order valence-electron chi connectivity index (χ1n) is 4.52. The summed E-state index contributed by atoms with van der Waals surface area (Å²) in [5, 5.41) is 17.2. The van der Waals surface area contributed by atoms with Gasteiger partial charge in [0, 0.05) is 5.57 Å². The number of carbonyl (C=O) groups is 1. The number of carboxylic acids is 1. The summed E-state index contributed by atoms with van der Waals surface area (Å²) >= 11 is 0. The van der Waals surface area contributed by atoms with Crippen molar-refractivity contribution >= 4 is 5.97 Å². The van der Waals surface area contributed by atoms with Crippen molar-refractivity contribution in [3.8, 4) is 6.07 Å². The SMILES string of the molecule is CC(=CCc1ccc(C#N)cc1)C(=O)O. The van der Waals surface area contributed by atoms with Gasteiger partial charge in [-0.15, -0.1) is 0 Å². The minimum Gasteiger partial charge on any atom is -0.478 e. The number of benzene rings is 1. The van der Waals surface area contributed by atoms with Crippen LogP contribution in [-0.2, 0) is 11.2 Å². The smallest absolute Gasteiger partial charge is 0.330 e. The molecular formula is C12H11NO2. The molecule has 0 spiro atoms. The van der Waals surface area contributed by atoms with Crippen molar-refractivity contribution in [2.75, 3.05) is 0 Å². The fourth-order valence-corrected chi connectivity index (χ4v) is 1.07. The van der Waals surface area contributed by atoms with Gasteiger partial charge in [0.15, 0.2) is 0 Å². The van der Waals surface area contributed by atoms with Crippen LogP contribution in [0.4, 0.5) is 0 Å². The summed E-state index contributed by atoms with van der Waals surface area (Å²) in [5.41, 5.74) is 1.94. The van der Waals surface area contributed by atoms with Crippen LogP contribution in [0.5, 0.6) is 0 Å². The lowest BCUT2D eigenvalue weighted by Gasteiger charge is -1.97. The van der Waals surface area contributed by atoms with Crippen molar-refractivity contribution in [3.63, 3.8) is 0 Å². The standard InChI is InChI=1S/C12H11NO2/c1-9(12(14)15)2-3-10-4-6-11(8-13)7-5-10/h2,4-7H,3H2,1H3,(H,14,15). The fourth-order valence-electron chi connectivity index (χ4n) is 1.07. The van der Waals surface area contributed by atoms with Gasteiger partial charge in [0.05, 0.1) is 11.6 Å². The van der Waals surface area contributed by atoms with E-state index in [1.165, 1.54) is 0 Å². The molecule has 76 valence electrons. The monoisotopic (exact) mass is 201 g/mol. The average molecular weight is 201 g/mol. The Balaban J connectivity index is 2.71. The van der Waals surface area contributed by atoms with E-state index in [-0.39, 0.29) is 0 Å². The maximum Gasteiger partial charge on any atom is 0.330 e. The Hall–Kier alpha value is -2.08. The van der Waals surface area contributed by atoms with Gasteiger partial charge in [0.25, 0.3) is 0 Å². The van der Waals surface area contributed by atoms with Gasteiger partial charge in [0.1, 0.15) is 0 Å². The summed E-state index contributed by atoms with van der Waals surface area (Å²) in [6, 6.07) is 9.12. The molecule has 0 amide bonds. The zero-order chi connectivity index (χ0) is 11.3. The maximum atomic E-state index is 10.5. The lowest BCUT2D eigenvalue weighted by Crippen LogP contribution is -1.96. The first-order valence-corrected chi connectivity index (χ1v) is 4.52. The highest BCUT2D eigenvalue weighted by atomic mass is 16.4. The zero-order valence-corrected chi connectivity index (χ0v) is 8.40. The molecule has 3 nitrogen and oxygen atoms in total. The Morgan fingerprint density at radius 1 is 1.47 bits per heavy atom. The van der Waals surface area contributed by atoms with Gasteiger partial charge in [-0.2, -0.15) is 5.26 Å². The Morgan fingerprint density at radius 2 is 2.07 bits per heavy atom. The van der Waals surface area contributed by atoms with Crippen LogP contribution in [-0.4, -0.2) is 11.1 Å². The Labute approximate surface area is 88.3 Å². The molecule has 0 bridgehead atoms. The summed E-state index contributed by atoms with van der Waals surface area (Å²) in [7, 11) is 0. The predicted molar refractivity (Wildman–Crippen MR) is 56.3 cm³/mol. The number of nitrogens with zero attached hydrogens (tertiary/aromatic N) is 1. The molecule has 0 fully saturated rings. The minimum absolute atomic E-state index is 0.333. The molecule has 15 heavy (non-hydrogen) atoms. The molecule has 0 saturated carbocycles. The maximum absolute atomic E-state index is 10.5. The summed E-state index contributed by atoms with van der Waals surface area (Å²) in [6.07, 6.45) is 2.23. The molecule has 0 unspecified atom stereocenters. The number of hydrogen-bond donors (Lipinski definition) is 1. The highest BCUT2D eigenvalue weighted by molar-refractivity contribution is 5.85. The second-order valence-corrected chi connectivity index (χ2v) is 3.21. The largest absolute Gasteiger partial charge is 0.478 e. The van der Waals surface area contributed by atoms with Crippen LogP contribution >= 0.6 is 0 Å². The van der Waals surface area contributed by atoms with Crippen molar-refractivity contribution in [2.45, 2.75) is 13.3 Å². The van der Waals surface area contributed by atoms with Gasteiger partial charge < -0.3 is 5.11 Å². The van der Waals surface area contributed by atoms with Gasteiger partial charge in [-0.3, -0.25) is 0 Å². The molecule has 0 radical (unpaired) electrons. The Kier molecular flexibility index (Phi) is 3.64. The Bertz CT molecular complexity index is 424. The molecule has 1 N–H and O–H groups in total. The van der Waals surface area contributed by atoms with Crippen LogP contribution in [0.15, 0.2) is 35.9 Å². The summed E-state index contributed by atoms with van der Waals surface area (Å²) < 4.78 is 0. The highest BCUT2D eigenvalue weighted by Crippen LogP contribution is 2.06. The summed E-state index contributed by atoms with van der Waals surface area (Å²) in [4.78, 5) is 10.5. The predicted octanol–water partition coefficient (Wildman–Crippen LogP) is 2.13. The number of allylic oxidation sites excluding steroid dienone is 1. The third kappa shape index (κ3) is 3.28. The van der Waals surface area contributed by atoms with Gasteiger partial charge >= 0.3 is 5.97 Å². The van der Waals surface area contributed by atoms with Crippen LogP contribution in [0.1, 0.15) is 18.1 Å². The van der Waals surface area contributed by atoms with Gasteiger partial charge in [0.2, 0.25) is 0 Å². The molecule has 0 heterocycles. The molecule has 0 aromatic heterocycles. The molecule has 0 aliphatic rings. The first kappa shape index (κ1) is 11.0. The van der Waals surface area contributed by atoms with Crippen LogP contribution < -0.4 is 0 Å². The number of rotatable bonds is 3. The van der Waals surface area contributed by atoms with E-state index >= 15 is 0 Å². The van der Waals surface area contributed by atoms with Crippen LogP contribution in [0.2, 0.25) is 0 Å². The summed E-state index contributed by atoms with van der Waals surface area (Å²) in [6.45, 7) is 1.56. The van der Waals surface area contributed by atoms with Crippen LogP contribution in [0.3, 0.4) is 0 Å². The van der Waals surface area contributed by atoms with E-state index in [0.717, 1.165) is 5.56 Å². The van der Waals surface area contributed by atoms with E-state index in [1.54, 1.807) is 25.1 Å². The van der Waals surface area contributed by atoms with E-state index in [0.29, 0.717) is 17.6 Å². The van der Waals surface area contributed by atoms with Crippen LogP contribution in [0.25, 0.3) is 0 Å². The lowest BCUT2D eigenvalue weighted by atomic mass is 10.1. The van der Waals surface area contributed by atoms with Crippen molar-refractivity contribution in [1.29, 1.82) is 5.26 Å². The molecule has 3 heteroatoms. The molecule has 0 aliphatic heterocycles. The topological polar surface area (TPSA) is 61.1 Å². The average Bonchev–Trinajstić information content (AvgIpc) is 2.26. The van der Waals surface area contributed by atoms with E-state index < -0.39 is 5.97 Å². The summed E-state index contributed by atoms with van der Waals surface area (Å²) in [5.74, 6) is -0.899. The molecular weight excluding hydrogens is 190 g/mol. The van der Waals surface area contributed by atoms with Gasteiger partial charge in [-0.25, -0.2) is 4.79 Å². The Morgan fingerprint density at radius 3 is 2.53 bits per heavy atom. The van der Waals surface area contributed by atoms with E-state index in [4.69, 9.17) is 10.4 Å². The van der Waals surface area contributed by atoms with Crippen molar-refractivity contribution < 1.29 is 9.90 Å². The lowest BCUT2D eigenvalue weighted by molar-refractivity contribution is -0.132. The fraction of sp³-hybridized carbons (Fsp3) is 0.167.